The van der Waals surface area contributed by atoms with Crippen molar-refractivity contribution in [2.45, 2.75) is 33.2 Å². The Bertz CT molecular complexity index is 372. The summed E-state index contributed by atoms with van der Waals surface area (Å²) in [7, 11) is 0. The first-order valence-corrected chi connectivity index (χ1v) is 6.98. The number of nitrogens with two attached hydrogens (primary N) is 1. The highest BCUT2D eigenvalue weighted by Gasteiger charge is 2.29. The van der Waals surface area contributed by atoms with Gasteiger partial charge in [-0.3, -0.25) is 9.88 Å². The predicted molar refractivity (Wildman–Crippen MR) is 75.3 cm³/mol. The van der Waals surface area contributed by atoms with Gasteiger partial charge in [-0.15, -0.1) is 0 Å². The number of hydrogen-bond acceptors (Lipinski definition) is 3. The van der Waals surface area contributed by atoms with Crippen molar-refractivity contribution in [2.24, 2.45) is 17.6 Å². The summed E-state index contributed by atoms with van der Waals surface area (Å²) in [5.41, 5.74) is 8.30. The first-order valence-electron chi connectivity index (χ1n) is 6.98. The molecule has 0 saturated carbocycles. The largest absolute Gasteiger partial charge is 0.329 e. The molecule has 1 aromatic heterocycles. The van der Waals surface area contributed by atoms with Gasteiger partial charge in [-0.1, -0.05) is 19.9 Å². The van der Waals surface area contributed by atoms with Gasteiger partial charge >= 0.3 is 0 Å². The first-order chi connectivity index (χ1) is 8.61. The van der Waals surface area contributed by atoms with Crippen LogP contribution in [-0.2, 0) is 0 Å². The SMILES string of the molecule is Cc1ccc(C(CN)N2CCC(C(C)C)C2)cn1. The van der Waals surface area contributed by atoms with Gasteiger partial charge in [0.25, 0.3) is 0 Å². The van der Waals surface area contributed by atoms with Crippen molar-refractivity contribution in [3.63, 3.8) is 0 Å². The normalized spacial score (nSPS) is 22.6. The van der Waals surface area contributed by atoms with Gasteiger partial charge in [0.15, 0.2) is 0 Å². The van der Waals surface area contributed by atoms with Gasteiger partial charge < -0.3 is 5.73 Å². The van der Waals surface area contributed by atoms with Crippen molar-refractivity contribution in [1.82, 2.24) is 9.88 Å². The Morgan fingerprint density at radius 2 is 2.22 bits per heavy atom. The fourth-order valence-corrected chi connectivity index (χ4v) is 2.81. The number of aryl methyl sites for hydroxylation is 1. The number of hydrogen-bond donors (Lipinski definition) is 1. The molecule has 1 aliphatic heterocycles. The van der Waals surface area contributed by atoms with Crippen LogP contribution in [0, 0.1) is 18.8 Å². The molecule has 0 aromatic carbocycles. The van der Waals surface area contributed by atoms with Gasteiger partial charge in [-0.2, -0.15) is 0 Å². The van der Waals surface area contributed by atoms with E-state index in [-0.39, 0.29) is 0 Å². The smallest absolute Gasteiger partial charge is 0.0485 e. The lowest BCUT2D eigenvalue weighted by atomic mass is 9.95. The molecule has 2 N–H and O–H groups in total. The van der Waals surface area contributed by atoms with Gasteiger partial charge in [0.1, 0.15) is 0 Å². The molecule has 0 radical (unpaired) electrons. The Balaban J connectivity index is 2.08. The Morgan fingerprint density at radius 3 is 2.72 bits per heavy atom. The van der Waals surface area contributed by atoms with Crippen molar-refractivity contribution in [2.75, 3.05) is 19.6 Å². The zero-order valence-electron chi connectivity index (χ0n) is 11.8. The fourth-order valence-electron chi connectivity index (χ4n) is 2.81. The second-order valence-corrected chi connectivity index (χ2v) is 5.77. The predicted octanol–water partition coefficient (Wildman–Crippen LogP) is 2.37. The maximum absolute atomic E-state index is 5.97. The average molecular weight is 247 g/mol. The van der Waals surface area contributed by atoms with E-state index in [9.17, 15) is 0 Å². The molecule has 100 valence electrons. The standard InChI is InChI=1S/C15H25N3/c1-11(2)14-6-7-18(10-14)15(8-16)13-5-4-12(3)17-9-13/h4-5,9,11,14-15H,6-8,10,16H2,1-3H3. The van der Waals surface area contributed by atoms with Crippen LogP contribution in [0.1, 0.15) is 37.6 Å². The quantitative estimate of drug-likeness (QED) is 0.888. The van der Waals surface area contributed by atoms with Crippen LogP contribution in [0.5, 0.6) is 0 Å². The van der Waals surface area contributed by atoms with Crippen LogP contribution < -0.4 is 5.73 Å². The van der Waals surface area contributed by atoms with Gasteiger partial charge in [0.05, 0.1) is 0 Å². The molecule has 1 aromatic rings. The molecular weight excluding hydrogens is 222 g/mol. The Hall–Kier alpha value is -0.930. The molecule has 2 unspecified atom stereocenters. The number of nitrogens with zero attached hydrogens (tertiary/aromatic N) is 2. The van der Waals surface area contributed by atoms with Crippen LogP contribution in [0.2, 0.25) is 0 Å². The summed E-state index contributed by atoms with van der Waals surface area (Å²) in [6.45, 7) is 9.67. The molecule has 2 heterocycles. The molecule has 2 atom stereocenters. The van der Waals surface area contributed by atoms with Crippen molar-refractivity contribution in [1.29, 1.82) is 0 Å². The average Bonchev–Trinajstić information content (AvgIpc) is 2.82. The molecule has 1 aliphatic rings. The zero-order chi connectivity index (χ0) is 13.1. The second-order valence-electron chi connectivity index (χ2n) is 5.77. The van der Waals surface area contributed by atoms with Crippen LogP contribution in [0.4, 0.5) is 0 Å². The summed E-state index contributed by atoms with van der Waals surface area (Å²) in [6.07, 6.45) is 3.28. The first kappa shape index (κ1) is 13.5. The lowest BCUT2D eigenvalue weighted by Gasteiger charge is -2.27. The van der Waals surface area contributed by atoms with E-state index in [4.69, 9.17) is 5.73 Å². The molecule has 1 fully saturated rings. The van der Waals surface area contributed by atoms with E-state index in [2.05, 4.69) is 35.9 Å². The van der Waals surface area contributed by atoms with E-state index in [1.807, 2.05) is 13.1 Å². The maximum Gasteiger partial charge on any atom is 0.0485 e. The van der Waals surface area contributed by atoms with Crippen molar-refractivity contribution >= 4 is 0 Å². The van der Waals surface area contributed by atoms with Crippen molar-refractivity contribution < 1.29 is 0 Å². The van der Waals surface area contributed by atoms with Crippen molar-refractivity contribution in [3.8, 4) is 0 Å². The lowest BCUT2D eigenvalue weighted by Crippen LogP contribution is -2.32. The summed E-state index contributed by atoms with van der Waals surface area (Å²) in [5.74, 6) is 1.59. The maximum atomic E-state index is 5.97. The minimum Gasteiger partial charge on any atom is -0.329 e. The molecule has 3 nitrogen and oxygen atoms in total. The van der Waals surface area contributed by atoms with Crippen LogP contribution in [0.15, 0.2) is 18.3 Å². The van der Waals surface area contributed by atoms with E-state index in [0.29, 0.717) is 12.6 Å². The fraction of sp³-hybridized carbons (Fsp3) is 0.667. The second kappa shape index (κ2) is 5.81. The van der Waals surface area contributed by atoms with Crippen molar-refractivity contribution in [3.05, 3.63) is 29.6 Å². The molecule has 3 heteroatoms. The molecule has 0 bridgehead atoms. The van der Waals surface area contributed by atoms with E-state index < -0.39 is 0 Å². The minimum atomic E-state index is 0.335. The van der Waals surface area contributed by atoms with E-state index in [0.717, 1.165) is 17.5 Å². The van der Waals surface area contributed by atoms with Crippen LogP contribution in [0.25, 0.3) is 0 Å². The van der Waals surface area contributed by atoms with Crippen LogP contribution in [0.3, 0.4) is 0 Å². The van der Waals surface area contributed by atoms with Crippen LogP contribution >= 0.6 is 0 Å². The Labute approximate surface area is 110 Å². The highest BCUT2D eigenvalue weighted by Crippen LogP contribution is 2.30. The van der Waals surface area contributed by atoms with Gasteiger partial charge in [0.2, 0.25) is 0 Å². The molecule has 0 amide bonds. The van der Waals surface area contributed by atoms with Crippen LogP contribution in [-0.4, -0.2) is 29.5 Å². The third kappa shape index (κ3) is 2.90. The minimum absolute atomic E-state index is 0.335. The molecule has 18 heavy (non-hydrogen) atoms. The third-order valence-corrected chi connectivity index (χ3v) is 4.18. The number of rotatable bonds is 4. The van der Waals surface area contributed by atoms with Gasteiger partial charge in [-0.25, -0.2) is 0 Å². The highest BCUT2D eigenvalue weighted by atomic mass is 15.2. The Kier molecular flexibility index (Phi) is 4.36. The number of likely N-dealkylation sites (tertiary alicyclic amines) is 1. The van der Waals surface area contributed by atoms with Gasteiger partial charge in [0, 0.05) is 31.0 Å². The number of pyridine rings is 1. The highest BCUT2D eigenvalue weighted by molar-refractivity contribution is 5.18. The molecule has 1 saturated heterocycles. The summed E-state index contributed by atoms with van der Waals surface area (Å²) in [5, 5.41) is 0. The van der Waals surface area contributed by atoms with Gasteiger partial charge in [-0.05, 0) is 43.4 Å². The molecule has 2 rings (SSSR count). The monoisotopic (exact) mass is 247 g/mol. The van der Waals surface area contributed by atoms with E-state index >= 15 is 0 Å². The summed E-state index contributed by atoms with van der Waals surface area (Å²) >= 11 is 0. The third-order valence-electron chi connectivity index (χ3n) is 4.18. The summed E-state index contributed by atoms with van der Waals surface area (Å²) in [4.78, 5) is 6.92. The molecular formula is C15H25N3. The Morgan fingerprint density at radius 1 is 1.44 bits per heavy atom. The molecule has 0 aliphatic carbocycles. The zero-order valence-corrected chi connectivity index (χ0v) is 11.8. The molecule has 0 spiro atoms. The summed E-state index contributed by atoms with van der Waals surface area (Å²) in [6, 6.07) is 4.58. The lowest BCUT2D eigenvalue weighted by molar-refractivity contribution is 0.231. The summed E-state index contributed by atoms with van der Waals surface area (Å²) < 4.78 is 0. The van der Waals surface area contributed by atoms with E-state index in [1.165, 1.54) is 25.1 Å². The van der Waals surface area contributed by atoms with E-state index in [1.54, 1.807) is 0 Å². The number of aromatic nitrogens is 1. The topological polar surface area (TPSA) is 42.1 Å².